The van der Waals surface area contributed by atoms with Gasteiger partial charge in [0.25, 0.3) is 0 Å². The van der Waals surface area contributed by atoms with Crippen LogP contribution in [0.5, 0.6) is 0 Å². The molecule has 1 aromatic heterocycles. The van der Waals surface area contributed by atoms with Crippen LogP contribution in [-0.4, -0.2) is 43.3 Å². The molecule has 0 fully saturated rings. The van der Waals surface area contributed by atoms with Gasteiger partial charge in [0.2, 0.25) is 10.0 Å². The molecule has 8 nitrogen and oxygen atoms in total. The van der Waals surface area contributed by atoms with E-state index in [4.69, 9.17) is 0 Å². The maximum Gasteiger partial charge on any atom is 0.216 e. The molecule has 0 aliphatic carbocycles. The van der Waals surface area contributed by atoms with Gasteiger partial charge in [-0.2, -0.15) is 5.10 Å². The third-order valence-electron chi connectivity index (χ3n) is 5.10. The molecule has 3 N–H and O–H groups in total. The first-order valence-corrected chi connectivity index (χ1v) is 12.2. The summed E-state index contributed by atoms with van der Waals surface area (Å²) in [6.07, 6.45) is 0.835. The maximum absolute atomic E-state index is 12.4. The molecule has 32 heavy (non-hydrogen) atoms. The zero-order chi connectivity index (χ0) is 23.2. The fourth-order valence-electron chi connectivity index (χ4n) is 3.55. The number of guanidine groups is 1. The van der Waals surface area contributed by atoms with Gasteiger partial charge in [0.05, 0.1) is 11.4 Å². The highest BCUT2D eigenvalue weighted by Gasteiger charge is 2.16. The molecule has 180 valence electrons. The molecule has 0 aliphatic heterocycles. The number of sulfonamides is 1. The van der Waals surface area contributed by atoms with Gasteiger partial charge >= 0.3 is 0 Å². The van der Waals surface area contributed by atoms with E-state index in [1.807, 2.05) is 56.8 Å². The lowest BCUT2D eigenvalue weighted by atomic mass is 10.1. The van der Waals surface area contributed by atoms with Gasteiger partial charge in [-0.05, 0) is 57.7 Å². The third-order valence-corrected chi connectivity index (χ3v) is 6.62. The fraction of sp³-hybridized carbons (Fsp3) is 0.545. The van der Waals surface area contributed by atoms with Crippen LogP contribution in [0, 0.1) is 13.8 Å². The number of rotatable bonds is 9. The molecule has 0 radical (unpaired) electrons. The van der Waals surface area contributed by atoms with Crippen molar-refractivity contribution < 1.29 is 8.42 Å². The van der Waals surface area contributed by atoms with Crippen molar-refractivity contribution >= 4 is 40.0 Å². The minimum Gasteiger partial charge on any atom is -0.354 e. The zero-order valence-electron chi connectivity index (χ0n) is 20.1. The molecule has 10 heteroatoms. The average molecular weight is 577 g/mol. The Bertz CT molecular complexity index is 1020. The van der Waals surface area contributed by atoms with Crippen LogP contribution < -0.4 is 15.4 Å². The van der Waals surface area contributed by atoms with Gasteiger partial charge in [-0.3, -0.25) is 9.67 Å². The molecule has 1 heterocycles. The Morgan fingerprint density at radius 3 is 2.31 bits per heavy atom. The summed E-state index contributed by atoms with van der Waals surface area (Å²) in [7, 11) is 0.293. The van der Waals surface area contributed by atoms with E-state index >= 15 is 0 Å². The second-order valence-corrected chi connectivity index (χ2v) is 10.0. The van der Waals surface area contributed by atoms with E-state index in [1.165, 1.54) is 11.3 Å². The van der Waals surface area contributed by atoms with Gasteiger partial charge < -0.3 is 10.6 Å². The molecular formula is C22H37IN6O2S. The largest absolute Gasteiger partial charge is 0.354 e. The Balaban J connectivity index is 0.00000512. The normalized spacial score (nSPS) is 13.1. The number of halogens is 1. The highest BCUT2D eigenvalue weighted by Crippen LogP contribution is 2.15. The molecule has 0 bridgehead atoms. The summed E-state index contributed by atoms with van der Waals surface area (Å²) in [5.74, 6) is 0.620. The maximum atomic E-state index is 12.4. The smallest absolute Gasteiger partial charge is 0.216 e. The molecule has 0 spiro atoms. The molecule has 1 atom stereocenters. The monoisotopic (exact) mass is 576 g/mol. The van der Waals surface area contributed by atoms with E-state index in [9.17, 15) is 8.42 Å². The summed E-state index contributed by atoms with van der Waals surface area (Å²) in [5.41, 5.74) is 5.14. The zero-order valence-corrected chi connectivity index (χ0v) is 23.2. The number of hydrogen-bond acceptors (Lipinski definition) is 4. The van der Waals surface area contributed by atoms with Gasteiger partial charge in [0.15, 0.2) is 5.96 Å². The predicted molar refractivity (Wildman–Crippen MR) is 142 cm³/mol. The number of aryl methyl sites for hydroxylation is 2. The van der Waals surface area contributed by atoms with Crippen molar-refractivity contribution in [1.29, 1.82) is 0 Å². The van der Waals surface area contributed by atoms with Gasteiger partial charge in [-0.15, -0.1) is 24.0 Å². The summed E-state index contributed by atoms with van der Waals surface area (Å²) in [4.78, 5) is 4.32. The second kappa shape index (κ2) is 12.5. The van der Waals surface area contributed by atoms with E-state index in [0.29, 0.717) is 12.5 Å². The minimum atomic E-state index is -3.39. The topological polar surface area (TPSA) is 100 Å². The van der Waals surface area contributed by atoms with Crippen LogP contribution >= 0.6 is 24.0 Å². The Morgan fingerprint density at radius 2 is 1.78 bits per heavy atom. The van der Waals surface area contributed by atoms with Crippen molar-refractivity contribution in [3.63, 3.8) is 0 Å². The first kappa shape index (κ1) is 28.4. The van der Waals surface area contributed by atoms with Crippen LogP contribution in [0.15, 0.2) is 29.3 Å². The molecule has 0 aliphatic rings. The van der Waals surface area contributed by atoms with Crippen LogP contribution in [0.2, 0.25) is 0 Å². The van der Waals surface area contributed by atoms with Crippen LogP contribution in [0.25, 0.3) is 0 Å². The summed E-state index contributed by atoms with van der Waals surface area (Å²) in [6.45, 7) is 10.3. The Morgan fingerprint density at radius 1 is 1.16 bits per heavy atom. The van der Waals surface area contributed by atoms with Gasteiger partial charge in [-0.1, -0.05) is 24.3 Å². The molecule has 1 aromatic carbocycles. The molecular weight excluding hydrogens is 539 g/mol. The number of nitrogens with zero attached hydrogens (tertiary/aromatic N) is 3. The molecule has 0 saturated carbocycles. The molecule has 2 rings (SSSR count). The quantitative estimate of drug-likeness (QED) is 0.242. The van der Waals surface area contributed by atoms with Crippen molar-refractivity contribution in [2.75, 3.05) is 7.05 Å². The predicted octanol–water partition coefficient (Wildman–Crippen LogP) is 2.78. The van der Waals surface area contributed by atoms with Gasteiger partial charge in [-0.25, -0.2) is 13.1 Å². The van der Waals surface area contributed by atoms with Crippen LogP contribution in [0.3, 0.4) is 0 Å². The van der Waals surface area contributed by atoms with Crippen molar-refractivity contribution in [2.45, 2.75) is 65.4 Å². The van der Waals surface area contributed by atoms with E-state index in [2.05, 4.69) is 39.3 Å². The lowest BCUT2D eigenvalue weighted by Crippen LogP contribution is -2.43. The summed E-state index contributed by atoms with van der Waals surface area (Å²) in [5, 5.41) is 11.2. The number of nitrogens with one attached hydrogen (secondary N) is 3. The molecule has 1 unspecified atom stereocenters. The highest BCUT2D eigenvalue weighted by atomic mass is 127. The van der Waals surface area contributed by atoms with Crippen molar-refractivity contribution in [2.24, 2.45) is 12.0 Å². The average Bonchev–Trinajstić information content (AvgIpc) is 2.90. The molecule has 0 saturated heterocycles. The molecule has 0 amide bonds. The highest BCUT2D eigenvalue weighted by molar-refractivity contribution is 14.0. The molecule has 2 aromatic rings. The van der Waals surface area contributed by atoms with E-state index < -0.39 is 10.0 Å². The summed E-state index contributed by atoms with van der Waals surface area (Å²) < 4.78 is 29.3. The third kappa shape index (κ3) is 8.36. The minimum absolute atomic E-state index is 0. The van der Waals surface area contributed by atoms with Crippen LogP contribution in [0.4, 0.5) is 0 Å². The van der Waals surface area contributed by atoms with E-state index in [1.54, 1.807) is 7.05 Å². The van der Waals surface area contributed by atoms with Gasteiger partial charge in [0, 0.05) is 38.4 Å². The Labute approximate surface area is 209 Å². The number of aliphatic imine (C=N–C) groups is 1. The van der Waals surface area contributed by atoms with Crippen molar-refractivity contribution in [1.82, 2.24) is 25.1 Å². The van der Waals surface area contributed by atoms with E-state index in [-0.39, 0.29) is 41.8 Å². The van der Waals surface area contributed by atoms with Crippen LogP contribution in [0.1, 0.15) is 48.8 Å². The van der Waals surface area contributed by atoms with Gasteiger partial charge in [0.1, 0.15) is 0 Å². The van der Waals surface area contributed by atoms with Crippen molar-refractivity contribution in [3.8, 4) is 0 Å². The first-order valence-electron chi connectivity index (χ1n) is 10.6. The fourth-order valence-corrected chi connectivity index (χ4v) is 5.05. The first-order chi connectivity index (χ1) is 14.5. The van der Waals surface area contributed by atoms with Crippen molar-refractivity contribution in [3.05, 3.63) is 52.3 Å². The summed E-state index contributed by atoms with van der Waals surface area (Å²) >= 11 is 0. The summed E-state index contributed by atoms with van der Waals surface area (Å²) in [6, 6.07) is 7.58. The number of aromatic nitrogens is 2. The SMILES string of the molecule is CN=C(NCc1ccccc1CS(=O)(=O)NC(C)C)NC(C)Cc1c(C)nn(C)c1C.I. The lowest BCUT2D eigenvalue weighted by molar-refractivity contribution is 0.568. The number of hydrogen-bond donors (Lipinski definition) is 3. The Kier molecular flexibility index (Phi) is 11.1. The van der Waals surface area contributed by atoms with E-state index in [0.717, 1.165) is 23.2 Å². The second-order valence-electron chi connectivity index (χ2n) is 8.25. The number of benzene rings is 1. The standard InChI is InChI=1S/C22H36N6O2S.HI/c1-15(2)27-31(29,30)14-20-11-9-8-10-19(20)13-24-22(23-6)25-16(3)12-21-17(4)26-28(7)18(21)5;/h8-11,15-16,27H,12-14H2,1-7H3,(H2,23,24,25);1H. The lowest BCUT2D eigenvalue weighted by Gasteiger charge is -2.19. The Hall–Kier alpha value is -1.66. The van der Waals surface area contributed by atoms with Crippen LogP contribution in [-0.2, 0) is 35.8 Å².